The number of phenolic OH excluding ortho intramolecular Hbond substituents is 1. The molecule has 1 fully saturated rings. The molecule has 1 aliphatic heterocycles. The number of fused-ring (bicyclic) bond motifs is 1. The van der Waals surface area contributed by atoms with Gasteiger partial charge in [0.05, 0.1) is 17.9 Å². The second-order valence-electron chi connectivity index (χ2n) is 7.47. The molecule has 0 spiro atoms. The molecule has 1 saturated heterocycles. The van der Waals surface area contributed by atoms with Gasteiger partial charge in [-0.25, -0.2) is 9.50 Å². The van der Waals surface area contributed by atoms with E-state index in [2.05, 4.69) is 33.8 Å². The maximum Gasteiger partial charge on any atom is 0.254 e. The lowest BCUT2D eigenvalue weighted by Crippen LogP contribution is -2.48. The van der Waals surface area contributed by atoms with Gasteiger partial charge in [0.2, 0.25) is 5.95 Å². The van der Waals surface area contributed by atoms with Crippen LogP contribution in [0.25, 0.3) is 17.0 Å². The fourth-order valence-corrected chi connectivity index (χ4v) is 3.51. The van der Waals surface area contributed by atoms with Crippen LogP contribution in [-0.2, 0) is 4.74 Å². The van der Waals surface area contributed by atoms with Crippen LogP contribution in [0.5, 0.6) is 5.75 Å². The summed E-state index contributed by atoms with van der Waals surface area (Å²) in [5.74, 6) is 1.39. The average Bonchev–Trinajstić information content (AvgIpc) is 2.96. The van der Waals surface area contributed by atoms with E-state index < -0.39 is 0 Å². The highest BCUT2D eigenvalue weighted by molar-refractivity contribution is 5.72. The first-order chi connectivity index (χ1) is 12.3. The van der Waals surface area contributed by atoms with E-state index >= 15 is 0 Å². The van der Waals surface area contributed by atoms with Crippen molar-refractivity contribution in [1.29, 1.82) is 0 Å². The van der Waals surface area contributed by atoms with Crippen LogP contribution in [0, 0.1) is 13.8 Å². The minimum atomic E-state index is -0.223. The van der Waals surface area contributed by atoms with E-state index in [4.69, 9.17) is 4.74 Å². The molecule has 1 aliphatic rings. The fourth-order valence-electron chi connectivity index (χ4n) is 3.51. The molecule has 0 atom stereocenters. The summed E-state index contributed by atoms with van der Waals surface area (Å²) in [5.41, 5.74) is 3.20. The van der Waals surface area contributed by atoms with Crippen molar-refractivity contribution in [3.8, 4) is 17.0 Å². The van der Waals surface area contributed by atoms with Gasteiger partial charge in [-0.2, -0.15) is 4.98 Å². The fraction of sp³-hybridized carbons (Fsp3) is 0.421. The van der Waals surface area contributed by atoms with Crippen LogP contribution in [0.2, 0.25) is 0 Å². The molecule has 136 valence electrons. The first-order valence-electron chi connectivity index (χ1n) is 8.75. The van der Waals surface area contributed by atoms with Crippen molar-refractivity contribution in [2.45, 2.75) is 33.3 Å². The van der Waals surface area contributed by atoms with E-state index in [-0.39, 0.29) is 11.4 Å². The molecule has 0 bridgehead atoms. The number of benzene rings is 1. The molecule has 0 aliphatic carbocycles. The van der Waals surface area contributed by atoms with E-state index in [1.165, 1.54) is 0 Å². The number of nitrogens with zero attached hydrogens (tertiary/aromatic N) is 5. The molecule has 1 aromatic carbocycles. The van der Waals surface area contributed by atoms with Gasteiger partial charge in [0.1, 0.15) is 5.75 Å². The van der Waals surface area contributed by atoms with Gasteiger partial charge in [0, 0.05) is 24.8 Å². The van der Waals surface area contributed by atoms with Crippen molar-refractivity contribution in [3.63, 3.8) is 0 Å². The Bertz CT molecular complexity index is 956. The molecule has 0 radical (unpaired) electrons. The number of morpholine rings is 1. The largest absolute Gasteiger partial charge is 0.507 e. The van der Waals surface area contributed by atoms with Crippen LogP contribution in [-0.4, -0.2) is 50.0 Å². The Morgan fingerprint density at radius 2 is 2.00 bits per heavy atom. The number of hydrogen-bond donors (Lipinski definition) is 1. The van der Waals surface area contributed by atoms with Gasteiger partial charge in [-0.15, -0.1) is 5.10 Å². The number of rotatable bonds is 2. The van der Waals surface area contributed by atoms with Crippen molar-refractivity contribution in [2.24, 2.45) is 0 Å². The van der Waals surface area contributed by atoms with Gasteiger partial charge in [0.25, 0.3) is 5.78 Å². The minimum absolute atomic E-state index is 0.223. The van der Waals surface area contributed by atoms with Gasteiger partial charge in [-0.05, 0) is 51.0 Å². The number of aromatic hydroxyl groups is 1. The van der Waals surface area contributed by atoms with Crippen molar-refractivity contribution in [2.75, 3.05) is 24.6 Å². The van der Waals surface area contributed by atoms with Crippen LogP contribution >= 0.6 is 0 Å². The van der Waals surface area contributed by atoms with Crippen LogP contribution in [0.1, 0.15) is 25.0 Å². The molecule has 0 unspecified atom stereocenters. The van der Waals surface area contributed by atoms with Crippen LogP contribution < -0.4 is 4.90 Å². The maximum atomic E-state index is 10.4. The summed E-state index contributed by atoms with van der Waals surface area (Å²) in [6.45, 7) is 10.2. The summed E-state index contributed by atoms with van der Waals surface area (Å²) >= 11 is 0. The number of hydrogen-bond acceptors (Lipinski definition) is 6. The highest BCUT2D eigenvalue weighted by Gasteiger charge is 2.29. The molecular formula is C19H23N5O2. The van der Waals surface area contributed by atoms with Crippen LogP contribution in [0.15, 0.2) is 24.4 Å². The summed E-state index contributed by atoms with van der Waals surface area (Å²) in [7, 11) is 0. The number of aromatic nitrogens is 4. The van der Waals surface area contributed by atoms with Crippen LogP contribution in [0.4, 0.5) is 5.95 Å². The predicted octanol–water partition coefficient (Wildman–Crippen LogP) is 2.73. The van der Waals surface area contributed by atoms with Gasteiger partial charge in [-0.1, -0.05) is 6.07 Å². The van der Waals surface area contributed by atoms with E-state index in [0.717, 1.165) is 29.8 Å². The lowest BCUT2D eigenvalue weighted by atomic mass is 10.0. The Hall–Kier alpha value is -2.67. The second kappa shape index (κ2) is 5.95. The van der Waals surface area contributed by atoms with E-state index in [1.54, 1.807) is 10.6 Å². The Labute approximate surface area is 152 Å². The lowest BCUT2D eigenvalue weighted by Gasteiger charge is -2.37. The van der Waals surface area contributed by atoms with E-state index in [0.29, 0.717) is 24.0 Å². The van der Waals surface area contributed by atoms with Crippen molar-refractivity contribution in [1.82, 2.24) is 19.6 Å². The zero-order valence-electron chi connectivity index (χ0n) is 15.5. The number of ether oxygens (including phenoxy) is 1. The minimum Gasteiger partial charge on any atom is -0.507 e. The quantitative estimate of drug-likeness (QED) is 0.763. The molecule has 0 saturated carbocycles. The Morgan fingerprint density at radius 3 is 2.73 bits per heavy atom. The molecular weight excluding hydrogens is 330 g/mol. The highest BCUT2D eigenvalue weighted by Crippen LogP contribution is 2.32. The van der Waals surface area contributed by atoms with Crippen LogP contribution in [0.3, 0.4) is 0 Å². The summed E-state index contributed by atoms with van der Waals surface area (Å²) in [6.07, 6.45) is 1.83. The predicted molar refractivity (Wildman–Crippen MR) is 99.6 cm³/mol. The SMILES string of the molecule is Cc1cc(C)c(-c2ccn3nc(N4CCOC(C)(C)C4)nc3n2)c(O)c1. The van der Waals surface area contributed by atoms with Gasteiger partial charge >= 0.3 is 0 Å². The molecule has 3 aromatic rings. The third-order valence-electron chi connectivity index (χ3n) is 4.62. The third kappa shape index (κ3) is 2.99. The maximum absolute atomic E-state index is 10.4. The molecule has 26 heavy (non-hydrogen) atoms. The van der Waals surface area contributed by atoms with Gasteiger partial charge in [-0.3, -0.25) is 0 Å². The number of phenols is 1. The second-order valence-corrected chi connectivity index (χ2v) is 7.47. The Balaban J connectivity index is 1.73. The standard InChI is InChI=1S/C19H23N5O2/c1-12-9-13(2)16(15(25)10-12)14-5-6-24-17(20-14)21-18(22-24)23-7-8-26-19(3,4)11-23/h5-6,9-10,25H,7-8,11H2,1-4H3. The molecule has 3 heterocycles. The van der Waals surface area contributed by atoms with Crippen molar-refractivity contribution >= 4 is 11.7 Å². The van der Waals surface area contributed by atoms with Gasteiger partial charge < -0.3 is 14.7 Å². The number of anilines is 1. The van der Waals surface area contributed by atoms with Gasteiger partial charge in [0.15, 0.2) is 0 Å². The van der Waals surface area contributed by atoms with Crippen molar-refractivity contribution in [3.05, 3.63) is 35.5 Å². The normalized spacial score (nSPS) is 17.0. The van der Waals surface area contributed by atoms with E-state index in [9.17, 15) is 5.11 Å². The molecule has 2 aromatic heterocycles. The summed E-state index contributed by atoms with van der Waals surface area (Å²) < 4.78 is 7.43. The first kappa shape index (κ1) is 16.8. The zero-order chi connectivity index (χ0) is 18.5. The summed E-state index contributed by atoms with van der Waals surface area (Å²) in [6, 6.07) is 5.64. The summed E-state index contributed by atoms with van der Waals surface area (Å²) in [4.78, 5) is 11.3. The molecule has 4 rings (SSSR count). The zero-order valence-corrected chi connectivity index (χ0v) is 15.5. The first-order valence-corrected chi connectivity index (χ1v) is 8.75. The number of aryl methyl sites for hydroxylation is 2. The molecule has 7 heteroatoms. The lowest BCUT2D eigenvalue weighted by molar-refractivity contribution is -0.0281. The highest BCUT2D eigenvalue weighted by atomic mass is 16.5. The average molecular weight is 353 g/mol. The topological polar surface area (TPSA) is 75.8 Å². The Kier molecular flexibility index (Phi) is 3.84. The van der Waals surface area contributed by atoms with Crippen molar-refractivity contribution < 1.29 is 9.84 Å². The molecule has 0 amide bonds. The monoisotopic (exact) mass is 353 g/mol. The molecule has 1 N–H and O–H groups in total. The smallest absolute Gasteiger partial charge is 0.254 e. The molecule has 7 nitrogen and oxygen atoms in total. The van der Waals surface area contributed by atoms with E-state index in [1.807, 2.05) is 32.2 Å². The summed E-state index contributed by atoms with van der Waals surface area (Å²) in [5, 5.41) is 14.9. The third-order valence-corrected chi connectivity index (χ3v) is 4.62. The Morgan fingerprint density at radius 1 is 1.19 bits per heavy atom.